The molecular formula is C34H65N3O2. The average Bonchev–Trinajstić information content (AvgIpc) is 2.95. The van der Waals surface area contributed by atoms with Crippen molar-refractivity contribution < 1.29 is 0 Å². The summed E-state index contributed by atoms with van der Waals surface area (Å²) in [5.74, 6) is 0.959. The normalized spacial score (nSPS) is 12.4. The van der Waals surface area contributed by atoms with Crippen LogP contribution in [0.3, 0.4) is 0 Å². The fraction of sp³-hybridized carbons (Fsp3) is 0.882. The van der Waals surface area contributed by atoms with Crippen molar-refractivity contribution in [1.82, 2.24) is 4.90 Å². The van der Waals surface area contributed by atoms with Gasteiger partial charge in [-0.1, -0.05) is 136 Å². The van der Waals surface area contributed by atoms with E-state index in [1.165, 1.54) is 142 Å². The molecule has 1 rings (SSSR count). The molecule has 1 unspecified atom stereocenters. The average molecular weight is 548 g/mol. The van der Waals surface area contributed by atoms with Crippen molar-refractivity contribution in [3.8, 4) is 0 Å². The molecule has 228 valence electrons. The van der Waals surface area contributed by atoms with Gasteiger partial charge >= 0.3 is 0 Å². The van der Waals surface area contributed by atoms with Crippen molar-refractivity contribution in [3.63, 3.8) is 0 Å². The van der Waals surface area contributed by atoms with Gasteiger partial charge in [0.25, 0.3) is 10.9 Å². The first kappa shape index (κ1) is 35.7. The monoisotopic (exact) mass is 548 g/mol. The van der Waals surface area contributed by atoms with E-state index in [-0.39, 0.29) is 5.43 Å². The van der Waals surface area contributed by atoms with E-state index in [1.54, 1.807) is 7.05 Å². The first-order valence-corrected chi connectivity index (χ1v) is 17.1. The Kier molecular flexibility index (Phi) is 22.3. The standard InChI is InChI=1S/C34H65N3O2/c1-5-8-10-12-17-21-27-37(29-23-26-36-32-31(35-4)33(38)34(32)39)28-22-18-14-13-16-20-25-30(7-3)24-19-15-11-9-6-2/h30,35-36H,5-29H2,1-4H3. The lowest BCUT2D eigenvalue weighted by molar-refractivity contribution is 0.259. The van der Waals surface area contributed by atoms with Crippen LogP contribution in [0.25, 0.3) is 0 Å². The smallest absolute Gasteiger partial charge is 0.253 e. The molecule has 0 saturated carbocycles. The van der Waals surface area contributed by atoms with Crippen LogP contribution in [-0.2, 0) is 0 Å². The van der Waals surface area contributed by atoms with Crippen LogP contribution in [0, 0.1) is 5.92 Å². The van der Waals surface area contributed by atoms with Gasteiger partial charge < -0.3 is 15.5 Å². The van der Waals surface area contributed by atoms with Crippen molar-refractivity contribution in [2.24, 2.45) is 5.92 Å². The summed E-state index contributed by atoms with van der Waals surface area (Å²) in [6, 6.07) is 0. The molecule has 1 aromatic rings. The molecular weight excluding hydrogens is 482 g/mol. The summed E-state index contributed by atoms with van der Waals surface area (Å²) >= 11 is 0. The SMILES string of the molecule is CCCCCCCCN(CCCCCCCCC(CC)CCCCCCC)CCCNc1c(NC)c(=O)c1=O. The van der Waals surface area contributed by atoms with Crippen LogP contribution in [0.2, 0.25) is 0 Å². The second-order valence-electron chi connectivity index (χ2n) is 11.9. The molecule has 0 fully saturated rings. The maximum absolute atomic E-state index is 11.8. The number of hydrogen-bond donors (Lipinski definition) is 2. The maximum Gasteiger partial charge on any atom is 0.253 e. The third-order valence-corrected chi connectivity index (χ3v) is 8.57. The Hall–Kier alpha value is -1.36. The van der Waals surface area contributed by atoms with Gasteiger partial charge in [-0.3, -0.25) is 9.59 Å². The first-order chi connectivity index (χ1) is 19.1. The van der Waals surface area contributed by atoms with Crippen LogP contribution >= 0.6 is 0 Å². The highest BCUT2D eigenvalue weighted by molar-refractivity contribution is 5.73. The van der Waals surface area contributed by atoms with Gasteiger partial charge in [0.1, 0.15) is 11.4 Å². The van der Waals surface area contributed by atoms with E-state index < -0.39 is 5.43 Å². The van der Waals surface area contributed by atoms with Crippen molar-refractivity contribution in [2.45, 2.75) is 156 Å². The summed E-state index contributed by atoms with van der Waals surface area (Å²) in [6.45, 7) is 11.1. The molecule has 0 bridgehead atoms. The Labute approximate surface area is 242 Å². The van der Waals surface area contributed by atoms with Gasteiger partial charge in [0.2, 0.25) is 0 Å². The molecule has 0 saturated heterocycles. The highest BCUT2D eigenvalue weighted by atomic mass is 16.2. The molecule has 0 aromatic heterocycles. The van der Waals surface area contributed by atoms with Gasteiger partial charge in [0, 0.05) is 13.6 Å². The van der Waals surface area contributed by atoms with Crippen LogP contribution in [0.5, 0.6) is 0 Å². The number of anilines is 2. The summed E-state index contributed by atoms with van der Waals surface area (Å²) in [5, 5.41) is 6.03. The molecule has 0 radical (unpaired) electrons. The third kappa shape index (κ3) is 16.5. The second kappa shape index (κ2) is 24.4. The first-order valence-electron chi connectivity index (χ1n) is 17.1. The van der Waals surface area contributed by atoms with E-state index in [1.807, 2.05) is 0 Å². The van der Waals surface area contributed by atoms with Crippen LogP contribution < -0.4 is 21.5 Å². The van der Waals surface area contributed by atoms with E-state index in [0.717, 1.165) is 25.4 Å². The molecule has 39 heavy (non-hydrogen) atoms. The predicted molar refractivity (Wildman–Crippen MR) is 173 cm³/mol. The molecule has 0 aliphatic heterocycles. The number of rotatable bonds is 29. The van der Waals surface area contributed by atoms with Gasteiger partial charge in [-0.2, -0.15) is 0 Å². The molecule has 2 N–H and O–H groups in total. The van der Waals surface area contributed by atoms with Crippen molar-refractivity contribution in [1.29, 1.82) is 0 Å². The molecule has 0 amide bonds. The van der Waals surface area contributed by atoms with Gasteiger partial charge in [-0.15, -0.1) is 0 Å². The van der Waals surface area contributed by atoms with E-state index in [9.17, 15) is 9.59 Å². The van der Waals surface area contributed by atoms with Crippen LogP contribution in [0.15, 0.2) is 9.59 Å². The van der Waals surface area contributed by atoms with Gasteiger partial charge in [0.05, 0.1) is 0 Å². The van der Waals surface area contributed by atoms with Gasteiger partial charge in [-0.05, 0) is 44.8 Å². The molecule has 1 atom stereocenters. The zero-order valence-electron chi connectivity index (χ0n) is 26.5. The summed E-state index contributed by atoms with van der Waals surface area (Å²) < 4.78 is 0. The molecule has 0 heterocycles. The summed E-state index contributed by atoms with van der Waals surface area (Å²) in [5.41, 5.74) is 0.141. The minimum Gasteiger partial charge on any atom is -0.383 e. The lowest BCUT2D eigenvalue weighted by Gasteiger charge is -2.23. The topological polar surface area (TPSA) is 61.4 Å². The lowest BCUT2D eigenvalue weighted by atomic mass is 9.92. The Morgan fingerprint density at radius 3 is 1.49 bits per heavy atom. The zero-order chi connectivity index (χ0) is 28.6. The Bertz CT molecular complexity index is 756. The highest BCUT2D eigenvalue weighted by Crippen LogP contribution is 2.21. The summed E-state index contributed by atoms with van der Waals surface area (Å²) in [4.78, 5) is 26.0. The second-order valence-corrected chi connectivity index (χ2v) is 11.9. The van der Waals surface area contributed by atoms with Crippen molar-refractivity contribution in [3.05, 3.63) is 20.4 Å². The van der Waals surface area contributed by atoms with Crippen LogP contribution in [0.4, 0.5) is 11.4 Å². The van der Waals surface area contributed by atoms with E-state index in [0.29, 0.717) is 11.4 Å². The van der Waals surface area contributed by atoms with Gasteiger partial charge in [-0.25, -0.2) is 0 Å². The fourth-order valence-electron chi connectivity index (χ4n) is 5.83. The number of nitrogens with one attached hydrogen (secondary N) is 2. The lowest BCUT2D eigenvalue weighted by Crippen LogP contribution is -2.37. The molecule has 1 aromatic carbocycles. The highest BCUT2D eigenvalue weighted by Gasteiger charge is 2.18. The molecule has 0 spiro atoms. The Balaban J connectivity index is 2.21. The molecule has 0 aliphatic carbocycles. The summed E-state index contributed by atoms with van der Waals surface area (Å²) in [6.07, 6.45) is 28.6. The minimum absolute atomic E-state index is 0.379. The van der Waals surface area contributed by atoms with E-state index >= 15 is 0 Å². The fourth-order valence-corrected chi connectivity index (χ4v) is 5.83. The molecule has 5 heteroatoms. The minimum atomic E-state index is -0.396. The third-order valence-electron chi connectivity index (χ3n) is 8.57. The predicted octanol–water partition coefficient (Wildman–Crippen LogP) is 8.91. The Morgan fingerprint density at radius 2 is 1.00 bits per heavy atom. The molecule has 0 aliphatic rings. The summed E-state index contributed by atoms with van der Waals surface area (Å²) in [7, 11) is 1.70. The largest absolute Gasteiger partial charge is 0.383 e. The number of hydrogen-bond acceptors (Lipinski definition) is 5. The van der Waals surface area contributed by atoms with Crippen molar-refractivity contribution >= 4 is 11.4 Å². The quantitative estimate of drug-likeness (QED) is 0.0774. The van der Waals surface area contributed by atoms with E-state index in [2.05, 4.69) is 36.3 Å². The van der Waals surface area contributed by atoms with E-state index in [4.69, 9.17) is 0 Å². The van der Waals surface area contributed by atoms with Gasteiger partial charge in [0.15, 0.2) is 0 Å². The van der Waals surface area contributed by atoms with Crippen LogP contribution in [0.1, 0.15) is 156 Å². The zero-order valence-corrected chi connectivity index (χ0v) is 26.5. The number of unbranched alkanes of at least 4 members (excludes halogenated alkanes) is 14. The number of nitrogens with zero attached hydrogens (tertiary/aromatic N) is 1. The maximum atomic E-state index is 11.8. The Morgan fingerprint density at radius 1 is 0.564 bits per heavy atom. The van der Waals surface area contributed by atoms with Crippen LogP contribution in [-0.4, -0.2) is 38.1 Å². The van der Waals surface area contributed by atoms with Crippen molar-refractivity contribution in [2.75, 3.05) is 43.9 Å². The molecule has 5 nitrogen and oxygen atoms in total.